The number of aromatic nitrogens is 1. The van der Waals surface area contributed by atoms with Crippen LogP contribution in [-0.4, -0.2) is 92.3 Å². The first kappa shape index (κ1) is 59.7. The Morgan fingerprint density at radius 3 is 2.48 bits per heavy atom. The van der Waals surface area contributed by atoms with Crippen molar-refractivity contribution in [2.45, 2.75) is 196 Å². The number of rotatable bonds is 11. The Balaban J connectivity index is 0.909. The number of aliphatic hydroxyl groups excluding tert-OH is 3. The molecule has 472 valence electrons. The molecule has 2 saturated heterocycles. The maximum Gasteiger partial charge on any atom is 0.165 e. The van der Waals surface area contributed by atoms with Gasteiger partial charge in [0.05, 0.1) is 37.6 Å². The van der Waals surface area contributed by atoms with Crippen LogP contribution in [0.3, 0.4) is 0 Å². The van der Waals surface area contributed by atoms with E-state index < -0.39 is 6.10 Å². The predicted octanol–water partition coefficient (Wildman–Crippen LogP) is 12.3. The van der Waals surface area contributed by atoms with Crippen LogP contribution in [0.2, 0.25) is 0 Å². The minimum Gasteiger partial charge on any atom is -0.508 e. The van der Waals surface area contributed by atoms with E-state index in [4.69, 9.17) is 18.9 Å². The van der Waals surface area contributed by atoms with Crippen LogP contribution in [0.5, 0.6) is 23.0 Å². The minimum atomic E-state index is -0.748. The predicted molar refractivity (Wildman–Crippen MR) is 347 cm³/mol. The number of methoxy groups -OCH3 is 1. The van der Waals surface area contributed by atoms with Crippen molar-refractivity contribution in [1.82, 2.24) is 15.2 Å². The van der Waals surface area contributed by atoms with Crippen LogP contribution >= 0.6 is 0 Å². The number of nitrogens with one attached hydrogen (secondary N) is 2. The summed E-state index contributed by atoms with van der Waals surface area (Å²) in [5, 5.41) is 77.9. The Bertz CT molecular complexity index is 3830. The lowest BCUT2D eigenvalue weighted by Crippen LogP contribution is -2.64. The van der Waals surface area contributed by atoms with Crippen LogP contribution < -0.4 is 15.4 Å². The molecule has 8 bridgehead atoms. The van der Waals surface area contributed by atoms with Crippen molar-refractivity contribution in [1.29, 1.82) is 0 Å². The molecule has 10 aliphatic rings. The summed E-state index contributed by atoms with van der Waals surface area (Å²) in [4.78, 5) is 0. The van der Waals surface area contributed by atoms with E-state index in [1.54, 1.807) is 31.4 Å². The summed E-state index contributed by atoms with van der Waals surface area (Å²) in [6.45, 7) is 0.904. The van der Waals surface area contributed by atoms with E-state index in [1.165, 1.54) is 47.1 Å². The summed E-state index contributed by atoms with van der Waals surface area (Å²) in [5.74, 6) is 9.79. The van der Waals surface area contributed by atoms with Gasteiger partial charge in [0.15, 0.2) is 11.5 Å². The molecular weight excluding hydrogens is 1130 g/mol. The lowest BCUT2D eigenvalue weighted by molar-refractivity contribution is -0.193. The number of piperidine rings is 1. The van der Waals surface area contributed by atoms with Gasteiger partial charge in [0.25, 0.3) is 0 Å². The Labute approximate surface area is 529 Å². The van der Waals surface area contributed by atoms with Crippen LogP contribution in [0, 0.1) is 35.5 Å². The first-order valence-electron chi connectivity index (χ1n) is 34.0. The number of phenolic OH excluding ortho intramolecular Hbond substituents is 3. The standard InChI is InChI=1S/C77H89N3O10/c1-87-70-27-24-62-61-23-18-46(16-17-47-19-25-66(84)52(31-47)32-48-10-5-14-59(83)33-48)9-6-15-60-39-67(85)53-34-51(13-8-30-81)71-63(37-53)55(42-82)38-68(86)73(71)89-43-56-36-58(35-54-40-80(41-64(54)56)75(65(61)45-88-60)79-74(62)78-70)77-57-22-20-49-11-7-12-50(72(49)77)21-26-69(77)76(90-44-57)28-3-2-4-29-76/h5,7,10-12,14,19,25,31,33,35-36,38,40-41,46,51,53,57,60,67,69-70,74,78-79,81-86H,2-4,6,8-9,13,15-17,20-22,24,26-30,32,34,37,39,42-45H2,1H3/t46-,51+,53+,57+,60-,67-,69-,70+,74?,77-/m0/s1. The molecule has 1 saturated carbocycles. The van der Waals surface area contributed by atoms with Gasteiger partial charge in [-0.3, -0.25) is 5.32 Å². The van der Waals surface area contributed by atoms with E-state index >= 15 is 0 Å². The van der Waals surface area contributed by atoms with Gasteiger partial charge in [-0.2, -0.15) is 0 Å². The van der Waals surface area contributed by atoms with Crippen LogP contribution in [0.25, 0.3) is 16.6 Å². The Morgan fingerprint density at radius 1 is 0.789 bits per heavy atom. The molecule has 90 heavy (non-hydrogen) atoms. The highest BCUT2D eigenvalue weighted by atomic mass is 16.5. The van der Waals surface area contributed by atoms with Gasteiger partial charge in [-0.05, 0) is 225 Å². The van der Waals surface area contributed by atoms with Crippen LogP contribution in [0.15, 0.2) is 108 Å². The smallest absolute Gasteiger partial charge is 0.165 e. The van der Waals surface area contributed by atoms with Crippen molar-refractivity contribution < 1.29 is 49.6 Å². The summed E-state index contributed by atoms with van der Waals surface area (Å²) in [5.41, 5.74) is 14.7. The van der Waals surface area contributed by atoms with E-state index in [2.05, 4.69) is 75.8 Å². The van der Waals surface area contributed by atoms with Gasteiger partial charge in [-0.25, -0.2) is 0 Å². The molecule has 7 heterocycles. The summed E-state index contributed by atoms with van der Waals surface area (Å²) in [6, 6.07) is 26.9. The first-order valence-corrected chi connectivity index (χ1v) is 34.0. The highest BCUT2D eigenvalue weighted by molar-refractivity contribution is 5.89. The molecule has 1 aromatic heterocycles. The van der Waals surface area contributed by atoms with Crippen molar-refractivity contribution in [3.05, 3.63) is 169 Å². The Hall–Kier alpha value is -6.60. The van der Waals surface area contributed by atoms with Crippen molar-refractivity contribution >= 4 is 16.6 Å². The van der Waals surface area contributed by atoms with Gasteiger partial charge in [0.2, 0.25) is 0 Å². The van der Waals surface area contributed by atoms with E-state index in [0.717, 1.165) is 151 Å². The van der Waals surface area contributed by atoms with Gasteiger partial charge in [0, 0.05) is 77.3 Å². The maximum atomic E-state index is 12.8. The number of hydrogen-bond donors (Lipinski definition) is 8. The minimum absolute atomic E-state index is 0.00495. The van der Waals surface area contributed by atoms with Crippen LogP contribution in [0.4, 0.5) is 0 Å². The fraction of sp³-hybridized carbons (Fsp3) is 0.506. The fourth-order valence-electron chi connectivity index (χ4n) is 18.8. The lowest BCUT2D eigenvalue weighted by atomic mass is 9.45. The van der Waals surface area contributed by atoms with Gasteiger partial charge >= 0.3 is 0 Å². The average Bonchev–Trinajstić information content (AvgIpc) is 0.784. The SMILES string of the molecule is CO[C@@H]1CCC2=C3C#C[C@H](CCc4ccc(O)c(Cc5cccc(O)c5)c4)CCC[C@H]4C[C@H](O)[C@H]5Cc6c(CO)cc(O)c(c6[C@H](CCCO)C5)OCc5cc([C@]67c8c9cccc8CC[C@H]6C6(CCCCC6)OC[C@H]7CC9)cc6cn(cc56)C(=C3CO4)NC2N1. The first-order chi connectivity index (χ1) is 44.0. The maximum absolute atomic E-state index is 12.8. The van der Waals surface area contributed by atoms with Crippen molar-refractivity contribution in [3.63, 3.8) is 0 Å². The third-order valence-corrected chi connectivity index (χ3v) is 23.1. The largest absolute Gasteiger partial charge is 0.508 e. The number of benzene rings is 5. The van der Waals surface area contributed by atoms with Gasteiger partial charge in [-0.1, -0.05) is 79.6 Å². The number of fused-ring (bicyclic) bond motifs is 5. The summed E-state index contributed by atoms with van der Waals surface area (Å²) in [6.07, 6.45) is 21.7. The molecule has 10 atom stereocenters. The molecule has 16 rings (SSSR count). The van der Waals surface area contributed by atoms with Crippen molar-refractivity contribution in [3.8, 4) is 34.8 Å². The highest BCUT2D eigenvalue weighted by Crippen LogP contribution is 2.65. The molecule has 13 heteroatoms. The number of hydrogen-bond acceptors (Lipinski definition) is 12. The van der Waals surface area contributed by atoms with Gasteiger partial charge < -0.3 is 59.5 Å². The molecule has 0 radical (unpaired) electrons. The van der Waals surface area contributed by atoms with Crippen molar-refractivity contribution in [2.24, 2.45) is 23.7 Å². The summed E-state index contributed by atoms with van der Waals surface area (Å²) in [7, 11) is 1.77. The molecule has 8 N–H and O–H groups in total. The second-order valence-corrected chi connectivity index (χ2v) is 28.1. The molecule has 4 aliphatic carbocycles. The third-order valence-electron chi connectivity index (χ3n) is 23.1. The molecular formula is C77H89N3O10. The normalized spacial score (nSPS) is 28.5. The summed E-state index contributed by atoms with van der Waals surface area (Å²) >= 11 is 0. The van der Waals surface area contributed by atoms with E-state index in [1.807, 2.05) is 18.2 Å². The number of aromatic hydroxyl groups is 3. The third kappa shape index (κ3) is 10.7. The van der Waals surface area contributed by atoms with Gasteiger partial charge in [-0.15, -0.1) is 0 Å². The molecule has 5 aromatic carbocycles. The molecule has 3 fully saturated rings. The second kappa shape index (κ2) is 24.8. The average molecular weight is 1220 g/mol. The molecule has 1 spiro atoms. The zero-order valence-corrected chi connectivity index (χ0v) is 52.2. The van der Waals surface area contributed by atoms with Crippen molar-refractivity contribution in [2.75, 3.05) is 26.9 Å². The topological polar surface area (TPSA) is 187 Å². The quantitative estimate of drug-likeness (QED) is 0.0575. The number of phenols is 3. The number of nitrogens with zero attached hydrogens (tertiary/aromatic N) is 1. The molecule has 13 nitrogen and oxygen atoms in total. The molecule has 6 aromatic rings. The van der Waals surface area contributed by atoms with Crippen LogP contribution in [-0.2, 0) is 64.9 Å². The molecule has 0 amide bonds. The summed E-state index contributed by atoms with van der Waals surface area (Å²) < 4.78 is 30.3. The molecule has 1 unspecified atom stereocenters. The van der Waals surface area contributed by atoms with E-state index in [-0.39, 0.29) is 103 Å². The fourth-order valence-corrected chi connectivity index (χ4v) is 18.8. The molecule has 6 aliphatic heterocycles. The van der Waals surface area contributed by atoms with Crippen LogP contribution in [0.1, 0.15) is 176 Å². The zero-order valence-electron chi connectivity index (χ0n) is 52.2. The number of aryl methyl sites for hydroxylation is 3. The monoisotopic (exact) mass is 1220 g/mol. The van der Waals surface area contributed by atoms with Gasteiger partial charge in [0.1, 0.15) is 36.3 Å². The zero-order chi connectivity index (χ0) is 61.3. The Kier molecular flexibility index (Phi) is 16.4. The number of aliphatic hydroxyl groups is 3. The Morgan fingerprint density at radius 2 is 1.64 bits per heavy atom. The number of dihydropyridines is 1. The number of ether oxygens (including phenoxy) is 4. The second-order valence-electron chi connectivity index (χ2n) is 28.1. The highest BCUT2D eigenvalue weighted by Gasteiger charge is 2.63. The lowest BCUT2D eigenvalue weighted by Gasteiger charge is -2.63. The van der Waals surface area contributed by atoms with E-state index in [0.29, 0.717) is 49.8 Å². The van der Waals surface area contributed by atoms with E-state index in [9.17, 15) is 30.6 Å².